The van der Waals surface area contributed by atoms with Gasteiger partial charge in [0.15, 0.2) is 9.84 Å². The number of nitrogens with zero attached hydrogens (tertiary/aromatic N) is 7. The largest absolute Gasteiger partial charge is 0.315 e. The smallest absolute Gasteiger partial charge is 0.152 e. The molecule has 0 unspecified atom stereocenters. The molecule has 2 aliphatic rings. The molecule has 0 radical (unpaired) electrons. The highest BCUT2D eigenvalue weighted by atomic mass is 32.2. The Balaban J connectivity index is 0.000000200. The lowest BCUT2D eigenvalue weighted by Crippen LogP contribution is -2.35. The average Bonchev–Trinajstić information content (AvgIpc) is 3.71. The third-order valence-electron chi connectivity index (χ3n) is 3.36. The Bertz CT molecular complexity index is 706. The van der Waals surface area contributed by atoms with E-state index in [1.54, 1.807) is 31.0 Å². The molecule has 0 saturated carbocycles. The van der Waals surface area contributed by atoms with E-state index in [0.717, 1.165) is 0 Å². The first-order valence-electron chi connectivity index (χ1n) is 9.93. The van der Waals surface area contributed by atoms with Gasteiger partial charge >= 0.3 is 0 Å². The molecule has 0 spiro atoms. The van der Waals surface area contributed by atoms with Gasteiger partial charge in [0.1, 0.15) is 12.7 Å². The zero-order chi connectivity index (χ0) is 23.7. The molecule has 2 saturated heterocycles. The van der Waals surface area contributed by atoms with Crippen molar-refractivity contribution >= 4 is 33.1 Å². The van der Waals surface area contributed by atoms with Crippen LogP contribution in [0, 0.1) is 0 Å². The monoisotopic (exact) mass is 515 g/mol. The first-order chi connectivity index (χ1) is 16.2. The van der Waals surface area contributed by atoms with Crippen molar-refractivity contribution in [3.05, 3.63) is 55.1 Å². The van der Waals surface area contributed by atoms with E-state index in [2.05, 4.69) is 67.5 Å². The third kappa shape index (κ3) is 20.9. The van der Waals surface area contributed by atoms with Crippen molar-refractivity contribution in [3.63, 3.8) is 0 Å². The minimum Gasteiger partial charge on any atom is -0.315 e. The molecular formula is C17H29N11O2S3. The Morgan fingerprint density at radius 2 is 1.61 bits per heavy atom. The van der Waals surface area contributed by atoms with Crippen LogP contribution in [0.4, 0.5) is 0 Å². The topological polar surface area (TPSA) is 184 Å². The van der Waals surface area contributed by atoms with Crippen LogP contribution in [-0.4, -0.2) is 94.9 Å². The lowest BCUT2D eigenvalue weighted by molar-refractivity contribution is 0.577. The molecule has 2 aliphatic heterocycles. The van der Waals surface area contributed by atoms with Crippen molar-refractivity contribution in [2.24, 2.45) is 0 Å². The molecule has 2 fully saturated rings. The van der Waals surface area contributed by atoms with Gasteiger partial charge in [0.25, 0.3) is 0 Å². The van der Waals surface area contributed by atoms with Gasteiger partial charge in [-0.1, -0.05) is 4.49 Å². The van der Waals surface area contributed by atoms with Gasteiger partial charge in [-0.2, -0.15) is 37.4 Å². The molecule has 0 bridgehead atoms. The van der Waals surface area contributed by atoms with Gasteiger partial charge < -0.3 is 5.32 Å². The van der Waals surface area contributed by atoms with Crippen LogP contribution >= 0.6 is 23.3 Å². The predicted octanol–water partition coefficient (Wildman–Crippen LogP) is 1.08. The molecule has 16 heteroatoms. The van der Waals surface area contributed by atoms with Gasteiger partial charge in [-0.3, -0.25) is 10.2 Å². The van der Waals surface area contributed by atoms with Crippen LogP contribution in [0.2, 0.25) is 0 Å². The maximum Gasteiger partial charge on any atom is 0.152 e. The number of hydrogen-bond donors (Lipinski definition) is 4. The van der Waals surface area contributed by atoms with E-state index in [9.17, 15) is 8.42 Å². The van der Waals surface area contributed by atoms with E-state index in [4.69, 9.17) is 0 Å². The van der Waals surface area contributed by atoms with Gasteiger partial charge in [0.05, 0.1) is 30.1 Å². The van der Waals surface area contributed by atoms with Crippen molar-refractivity contribution < 1.29 is 8.42 Å². The van der Waals surface area contributed by atoms with Crippen LogP contribution in [0.5, 0.6) is 0 Å². The molecule has 0 aromatic carbocycles. The van der Waals surface area contributed by atoms with Crippen molar-refractivity contribution in [2.45, 2.75) is 12.8 Å². The summed E-state index contributed by atoms with van der Waals surface area (Å²) in [4.78, 5) is 3.56. The summed E-state index contributed by atoms with van der Waals surface area (Å²) in [6.07, 6.45) is 14.2. The second-order valence-corrected chi connectivity index (χ2v) is 10.1. The fourth-order valence-corrected chi connectivity index (χ4v) is 4.28. The maximum absolute atomic E-state index is 10.6. The summed E-state index contributed by atoms with van der Waals surface area (Å²) in [5.74, 6) is 3.46. The summed E-state index contributed by atoms with van der Waals surface area (Å²) in [6, 6.07) is 1.83. The fraction of sp³-hybridized carbons (Fsp3) is 0.471. The fourth-order valence-electron chi connectivity index (χ4n) is 1.88. The highest BCUT2D eigenvalue weighted by Gasteiger charge is 2.13. The van der Waals surface area contributed by atoms with Crippen molar-refractivity contribution in [1.82, 2.24) is 55.7 Å². The van der Waals surface area contributed by atoms with Crippen molar-refractivity contribution in [1.29, 1.82) is 0 Å². The van der Waals surface area contributed by atoms with Crippen LogP contribution in [-0.2, 0) is 9.84 Å². The number of rotatable bonds is 0. The molecule has 0 aliphatic carbocycles. The molecule has 6 heterocycles. The Hall–Kier alpha value is -2.69. The number of aromatic amines is 3. The molecule has 4 N–H and O–H groups in total. The standard InChI is InChI=1S/C4H9NO2S.C4H8S.C3H4N2.2C2H3N3.C2H2N2S/c6-8(7)3-1-5-2-4-8;2*1-2-4-5-3-1;1-3-2-5-4-1;1-2-4-5-3-1;1-2-5-4-3-1/h5H,1-4H2;1-4H2;1-3H,(H,4,5);2*1-2H,(H,3,4,5);1-2H. The van der Waals surface area contributed by atoms with Crippen LogP contribution in [0.25, 0.3) is 0 Å². The van der Waals surface area contributed by atoms with Crippen LogP contribution in [0.3, 0.4) is 0 Å². The molecule has 0 amide bonds. The molecular weight excluding hydrogens is 486 g/mol. The Labute approximate surface area is 201 Å². The van der Waals surface area contributed by atoms with E-state index < -0.39 is 9.84 Å². The Kier molecular flexibility index (Phi) is 18.2. The second-order valence-electron chi connectivity index (χ2n) is 5.88. The summed E-state index contributed by atoms with van der Waals surface area (Å²) < 4.78 is 24.7. The highest BCUT2D eigenvalue weighted by Crippen LogP contribution is 2.14. The van der Waals surface area contributed by atoms with E-state index in [-0.39, 0.29) is 0 Å². The molecule has 4 aromatic rings. The molecule has 182 valence electrons. The summed E-state index contributed by atoms with van der Waals surface area (Å²) in [7, 11) is -2.65. The number of sulfone groups is 1. The lowest BCUT2D eigenvalue weighted by Gasteiger charge is -2.10. The van der Waals surface area contributed by atoms with Crippen molar-refractivity contribution in [2.75, 3.05) is 36.1 Å². The van der Waals surface area contributed by atoms with Crippen LogP contribution < -0.4 is 5.32 Å². The summed E-state index contributed by atoms with van der Waals surface area (Å²) in [5, 5.41) is 29.8. The lowest BCUT2D eigenvalue weighted by atomic mass is 10.4. The third-order valence-corrected chi connectivity index (χ3v) is 6.60. The van der Waals surface area contributed by atoms with E-state index >= 15 is 0 Å². The van der Waals surface area contributed by atoms with Gasteiger partial charge in [-0.15, -0.1) is 5.10 Å². The zero-order valence-corrected chi connectivity index (χ0v) is 20.5. The minimum atomic E-state index is -2.65. The van der Waals surface area contributed by atoms with Crippen molar-refractivity contribution in [3.8, 4) is 0 Å². The number of thioether (sulfide) groups is 1. The van der Waals surface area contributed by atoms with Crippen LogP contribution in [0.1, 0.15) is 12.8 Å². The van der Waals surface area contributed by atoms with E-state index in [1.165, 1.54) is 48.5 Å². The average molecular weight is 516 g/mol. The van der Waals surface area contributed by atoms with E-state index in [0.29, 0.717) is 24.6 Å². The van der Waals surface area contributed by atoms with Gasteiger partial charge in [-0.05, 0) is 41.9 Å². The number of hydrogen-bond acceptors (Lipinski definition) is 12. The van der Waals surface area contributed by atoms with Gasteiger partial charge in [0.2, 0.25) is 0 Å². The molecule has 0 atom stereocenters. The second kappa shape index (κ2) is 21.2. The minimum absolute atomic E-state index is 0.312. The Morgan fingerprint density at radius 1 is 0.848 bits per heavy atom. The zero-order valence-electron chi connectivity index (χ0n) is 18.0. The number of nitrogens with one attached hydrogen (secondary N) is 4. The summed E-state index contributed by atoms with van der Waals surface area (Å²) in [5.41, 5.74) is 0. The highest BCUT2D eigenvalue weighted by molar-refractivity contribution is 7.99. The quantitative estimate of drug-likeness (QED) is 0.263. The molecule has 4 aromatic heterocycles. The number of H-pyrrole nitrogens is 3. The first-order valence-corrected chi connectivity index (χ1v) is 13.7. The normalized spacial score (nSPS) is 15.2. The summed E-state index contributed by atoms with van der Waals surface area (Å²) in [6.45, 7) is 1.25. The maximum atomic E-state index is 10.6. The first kappa shape index (κ1) is 28.3. The molecule has 13 nitrogen and oxygen atoms in total. The van der Waals surface area contributed by atoms with Gasteiger partial charge in [-0.25, -0.2) is 13.4 Å². The number of aromatic nitrogens is 10. The SMILES string of the molecule is C1CCSC1.O=S1(=O)CCNCC1.c1cn[nH]c1.c1cn[nH]n1.c1csnn1.c1nc[nH]n1. The molecule has 33 heavy (non-hydrogen) atoms. The van der Waals surface area contributed by atoms with Crippen LogP contribution in [0.15, 0.2) is 55.1 Å². The Morgan fingerprint density at radius 3 is 1.82 bits per heavy atom. The van der Waals surface area contributed by atoms with Gasteiger partial charge in [0, 0.05) is 30.9 Å². The predicted molar refractivity (Wildman–Crippen MR) is 129 cm³/mol. The summed E-state index contributed by atoms with van der Waals surface area (Å²) >= 11 is 3.43. The molecule has 6 rings (SSSR count). The van der Waals surface area contributed by atoms with E-state index in [1.807, 2.05) is 11.4 Å².